The molecule has 260 valence electrons. The van der Waals surface area contributed by atoms with Crippen LogP contribution in [0.1, 0.15) is 54.8 Å². The van der Waals surface area contributed by atoms with Gasteiger partial charge in [0.05, 0.1) is 23.6 Å². The lowest BCUT2D eigenvalue weighted by atomic mass is 9.90. The van der Waals surface area contributed by atoms with Gasteiger partial charge in [-0.1, -0.05) is 34.1 Å². The number of carbonyl (C=O) groups is 3. The van der Waals surface area contributed by atoms with Crippen LogP contribution in [0.3, 0.4) is 0 Å². The van der Waals surface area contributed by atoms with Crippen LogP contribution in [0.2, 0.25) is 0 Å². The van der Waals surface area contributed by atoms with E-state index in [1.165, 1.54) is 0 Å². The third-order valence-corrected chi connectivity index (χ3v) is 9.26. The summed E-state index contributed by atoms with van der Waals surface area (Å²) in [4.78, 5) is 40.1. The zero-order valence-corrected chi connectivity index (χ0v) is 30.6. The van der Waals surface area contributed by atoms with Crippen molar-refractivity contribution < 1.29 is 23.5 Å². The summed E-state index contributed by atoms with van der Waals surface area (Å²) in [6.45, 7) is 12.5. The second-order valence-electron chi connectivity index (χ2n) is 11.7. The second kappa shape index (κ2) is 17.1. The normalized spacial score (nSPS) is 11.0. The van der Waals surface area contributed by atoms with Crippen molar-refractivity contribution in [3.8, 4) is 22.5 Å². The summed E-state index contributed by atoms with van der Waals surface area (Å²) in [6.07, 6.45) is 0.442. The highest BCUT2D eigenvalue weighted by molar-refractivity contribution is 9.09. The minimum Gasteiger partial charge on any atom is -0.462 e. The van der Waals surface area contributed by atoms with Crippen LogP contribution in [0.4, 0.5) is 11.4 Å². The fourth-order valence-electron chi connectivity index (χ4n) is 6.13. The number of fused-ring (bicyclic) bond motifs is 2. The highest BCUT2D eigenvalue weighted by atomic mass is 79.9. The van der Waals surface area contributed by atoms with E-state index in [2.05, 4.69) is 100 Å². The smallest absolute Gasteiger partial charge is 0.338 e. The van der Waals surface area contributed by atoms with E-state index < -0.39 is 5.97 Å². The number of halogens is 1. The van der Waals surface area contributed by atoms with Gasteiger partial charge in [-0.2, -0.15) is 0 Å². The number of rotatable bonds is 14. The zero-order valence-electron chi connectivity index (χ0n) is 29.1. The molecule has 0 saturated heterocycles. The average Bonchev–Trinajstić information content (AvgIpc) is 3.14. The SMILES string of the molecule is CCN(CC)c1ccc2c(-c3ccccc3C(=O)OCCCNC(=O)c3ccc(NC(=O)CBr)cc3)c3ccc(=[N+](CC)CC)cc-3oc2c1. The topological polar surface area (TPSA) is 104 Å². The third kappa shape index (κ3) is 8.25. The van der Waals surface area contributed by atoms with Crippen molar-refractivity contribution in [3.05, 3.63) is 101 Å². The molecule has 2 aliphatic rings. The molecule has 3 aromatic carbocycles. The van der Waals surface area contributed by atoms with Crippen molar-refractivity contribution >= 4 is 56.1 Å². The minimum atomic E-state index is -0.436. The van der Waals surface area contributed by atoms with E-state index >= 15 is 0 Å². The highest BCUT2D eigenvalue weighted by Crippen LogP contribution is 2.42. The van der Waals surface area contributed by atoms with Gasteiger partial charge in [-0.15, -0.1) is 0 Å². The first-order valence-corrected chi connectivity index (χ1v) is 18.3. The summed E-state index contributed by atoms with van der Waals surface area (Å²) in [5.74, 6) is -0.114. The number of amides is 2. The van der Waals surface area contributed by atoms with Gasteiger partial charge in [-0.05, 0) is 88.2 Å². The van der Waals surface area contributed by atoms with E-state index in [1.54, 1.807) is 30.3 Å². The number of alkyl halides is 1. The fraction of sp³-hybridized carbons (Fsp3) is 0.300. The molecule has 1 aliphatic heterocycles. The largest absolute Gasteiger partial charge is 0.462 e. The Balaban J connectivity index is 1.38. The van der Waals surface area contributed by atoms with Crippen molar-refractivity contribution in [3.63, 3.8) is 0 Å². The summed E-state index contributed by atoms with van der Waals surface area (Å²) in [7, 11) is 0. The molecule has 2 N–H and O–H groups in total. The summed E-state index contributed by atoms with van der Waals surface area (Å²) in [5.41, 5.74) is 5.93. The molecule has 0 spiro atoms. The average molecular weight is 741 g/mol. The molecule has 5 rings (SSSR count). The van der Waals surface area contributed by atoms with Crippen LogP contribution in [0.5, 0.6) is 0 Å². The number of ether oxygens (including phenoxy) is 1. The summed E-state index contributed by atoms with van der Waals surface area (Å²) >= 11 is 3.11. The maximum atomic E-state index is 13.6. The lowest BCUT2D eigenvalue weighted by Gasteiger charge is -2.22. The molecule has 10 heteroatoms. The van der Waals surface area contributed by atoms with E-state index in [9.17, 15) is 14.4 Å². The molecular formula is C40H44BrN4O5+. The van der Waals surface area contributed by atoms with Crippen LogP contribution < -0.4 is 25.5 Å². The number of hydrogen-bond acceptors (Lipinski definition) is 6. The number of nitrogens with one attached hydrogen (secondary N) is 2. The first kappa shape index (κ1) is 36.3. The van der Waals surface area contributed by atoms with Crippen molar-refractivity contribution in [1.82, 2.24) is 9.89 Å². The van der Waals surface area contributed by atoms with E-state index in [0.717, 1.165) is 70.6 Å². The van der Waals surface area contributed by atoms with E-state index in [1.807, 2.05) is 18.2 Å². The number of esters is 1. The van der Waals surface area contributed by atoms with Crippen molar-refractivity contribution in [2.24, 2.45) is 0 Å². The molecular weight excluding hydrogens is 696 g/mol. The Morgan fingerprint density at radius 2 is 1.60 bits per heavy atom. The first-order chi connectivity index (χ1) is 24.3. The van der Waals surface area contributed by atoms with Gasteiger partial charge in [0.2, 0.25) is 11.3 Å². The van der Waals surface area contributed by atoms with Crippen LogP contribution in [-0.4, -0.2) is 62.4 Å². The Morgan fingerprint density at radius 1 is 0.860 bits per heavy atom. The van der Waals surface area contributed by atoms with Gasteiger partial charge in [0, 0.05) is 65.2 Å². The van der Waals surface area contributed by atoms with Gasteiger partial charge < -0.3 is 24.7 Å². The van der Waals surface area contributed by atoms with Crippen LogP contribution in [0.25, 0.3) is 33.4 Å². The van der Waals surface area contributed by atoms with E-state index in [0.29, 0.717) is 29.8 Å². The predicted octanol–water partition coefficient (Wildman–Crippen LogP) is 7.17. The molecule has 9 nitrogen and oxygen atoms in total. The molecule has 3 aromatic rings. The number of benzene rings is 4. The Labute approximate surface area is 301 Å². The second-order valence-corrected chi connectivity index (χ2v) is 12.3. The third-order valence-electron chi connectivity index (χ3n) is 8.75. The molecule has 0 atom stereocenters. The van der Waals surface area contributed by atoms with Gasteiger partial charge in [0.25, 0.3) is 5.91 Å². The molecule has 0 radical (unpaired) electrons. The van der Waals surface area contributed by atoms with Crippen molar-refractivity contribution in [2.45, 2.75) is 34.1 Å². The quantitative estimate of drug-likeness (QED) is 0.0412. The first-order valence-electron chi connectivity index (χ1n) is 17.2. The summed E-state index contributed by atoms with van der Waals surface area (Å²) in [5, 5.41) is 7.76. The molecule has 0 aromatic heterocycles. The summed E-state index contributed by atoms with van der Waals surface area (Å²) in [6, 6.07) is 26.7. The maximum absolute atomic E-state index is 13.6. The Kier molecular flexibility index (Phi) is 12.4. The summed E-state index contributed by atoms with van der Waals surface area (Å²) < 4.78 is 14.6. The predicted molar refractivity (Wildman–Crippen MR) is 204 cm³/mol. The number of hydrogen-bond donors (Lipinski definition) is 2. The van der Waals surface area contributed by atoms with Gasteiger partial charge in [-0.3, -0.25) is 9.59 Å². The Bertz CT molecular complexity index is 2010. The Hall–Kier alpha value is -4.96. The standard InChI is InChI=1S/C40H43BrN4O5/c1-5-44(6-2)29-18-20-33-35(24-29)50-36-25-30(45(7-3)8-4)19-21-34(36)38(33)31-12-9-10-13-32(31)40(48)49-23-11-22-42-39(47)27-14-16-28(17-15-27)43-37(46)26-41/h9-10,12-21,24-25H,5-8,11,22-23,26H2,1-4H3,(H-,42,43,46,47)/p+1. The Morgan fingerprint density at radius 3 is 2.30 bits per heavy atom. The molecule has 0 saturated carbocycles. The fourth-order valence-corrected chi connectivity index (χ4v) is 6.27. The van der Waals surface area contributed by atoms with Crippen molar-refractivity contribution in [1.29, 1.82) is 0 Å². The van der Waals surface area contributed by atoms with Crippen LogP contribution >= 0.6 is 15.9 Å². The van der Waals surface area contributed by atoms with Gasteiger partial charge in [0.15, 0.2) is 0 Å². The van der Waals surface area contributed by atoms with Gasteiger partial charge >= 0.3 is 5.97 Å². The number of carbonyl (C=O) groups excluding carboxylic acids is 3. The number of nitrogens with zero attached hydrogens (tertiary/aromatic N) is 2. The molecule has 0 unspecified atom stereocenters. The van der Waals surface area contributed by atoms with Crippen LogP contribution in [-0.2, 0) is 9.53 Å². The van der Waals surface area contributed by atoms with E-state index in [-0.39, 0.29) is 23.8 Å². The van der Waals surface area contributed by atoms with Crippen molar-refractivity contribution in [2.75, 3.05) is 54.9 Å². The maximum Gasteiger partial charge on any atom is 0.338 e. The zero-order chi connectivity index (χ0) is 35.6. The van der Waals surface area contributed by atoms with E-state index in [4.69, 9.17) is 9.15 Å². The van der Waals surface area contributed by atoms with Crippen LogP contribution in [0.15, 0.2) is 89.3 Å². The molecule has 0 bridgehead atoms. The lowest BCUT2D eigenvalue weighted by molar-refractivity contribution is -0.113. The van der Waals surface area contributed by atoms with Gasteiger partial charge in [0.1, 0.15) is 24.4 Å². The lowest BCUT2D eigenvalue weighted by Crippen LogP contribution is -2.29. The monoisotopic (exact) mass is 739 g/mol. The number of anilines is 2. The molecule has 1 aliphatic carbocycles. The molecule has 1 heterocycles. The van der Waals surface area contributed by atoms with Gasteiger partial charge in [-0.25, -0.2) is 9.37 Å². The van der Waals surface area contributed by atoms with Crippen LogP contribution in [0, 0.1) is 0 Å². The minimum absolute atomic E-state index is 0.136. The molecule has 2 amide bonds. The highest BCUT2D eigenvalue weighted by Gasteiger charge is 2.23. The molecule has 50 heavy (non-hydrogen) atoms. The molecule has 0 fully saturated rings.